The average Bonchev–Trinajstić information content (AvgIpc) is 3.27. The van der Waals surface area contributed by atoms with Crippen molar-refractivity contribution < 1.29 is 37.0 Å². The van der Waals surface area contributed by atoms with Crippen LogP contribution in [0.2, 0.25) is 0 Å². The van der Waals surface area contributed by atoms with Crippen molar-refractivity contribution in [2.75, 3.05) is 13.2 Å². The summed E-state index contributed by atoms with van der Waals surface area (Å²) < 4.78 is 44.7. The van der Waals surface area contributed by atoms with E-state index in [4.69, 9.17) is 13.8 Å². The predicted octanol–water partition coefficient (Wildman–Crippen LogP) is 4.79. The van der Waals surface area contributed by atoms with Gasteiger partial charge in [0.15, 0.2) is 6.23 Å². The van der Waals surface area contributed by atoms with Crippen LogP contribution >= 0.6 is 15.6 Å². The van der Waals surface area contributed by atoms with Crippen molar-refractivity contribution in [2.24, 2.45) is 0 Å². The van der Waals surface area contributed by atoms with Gasteiger partial charge in [-0.15, -0.1) is 0 Å². The molecule has 0 radical (unpaired) electrons. The molecule has 222 valence electrons. The van der Waals surface area contributed by atoms with Crippen LogP contribution in [0.4, 0.5) is 0 Å². The highest BCUT2D eigenvalue weighted by Gasteiger charge is 2.36. The standard InChI is InChI=1S/C22H38N2O10P2.2H3N/c1-3-4-5-6-7-8-9-10-11-12-15-31-35(27,28)34-36(29,30)32-17-19-13-14-20(33-19)24-16-18(2)21(25)23-22(24)26;;/h13-14,16,19-20H,3-12,15,17H2,1-2H3,(H,27,28)(H,29,30)(H,23,25,26);2*1H3/t19-,20+;;/m0../s1. The van der Waals surface area contributed by atoms with Gasteiger partial charge in [-0.05, 0) is 19.4 Å². The molecule has 16 heteroatoms. The molecule has 0 saturated carbocycles. The second kappa shape index (κ2) is 18.0. The monoisotopic (exact) mass is 586 g/mol. The molecule has 0 spiro atoms. The van der Waals surface area contributed by atoms with Gasteiger partial charge in [-0.25, -0.2) is 13.9 Å². The number of unbranched alkanes of at least 4 members (excludes halogenated alkanes) is 9. The number of phosphoric acid groups is 2. The zero-order valence-electron chi connectivity index (χ0n) is 22.3. The Morgan fingerprint density at radius 1 is 0.921 bits per heavy atom. The third-order valence-corrected chi connectivity index (χ3v) is 8.22. The maximum Gasteiger partial charge on any atom is 0.481 e. The maximum atomic E-state index is 12.1. The van der Waals surface area contributed by atoms with Gasteiger partial charge in [-0.3, -0.25) is 23.4 Å². The number of hydrogen-bond acceptors (Lipinski definition) is 10. The van der Waals surface area contributed by atoms with E-state index in [1.165, 1.54) is 63.8 Å². The Labute approximate surface area is 223 Å². The summed E-state index contributed by atoms with van der Waals surface area (Å²) in [5.41, 5.74) is -0.893. The number of nitrogens with one attached hydrogen (secondary N) is 1. The summed E-state index contributed by atoms with van der Waals surface area (Å²) in [5, 5.41) is 0. The molecule has 14 nitrogen and oxygen atoms in total. The lowest BCUT2D eigenvalue weighted by molar-refractivity contribution is -0.0107. The third kappa shape index (κ3) is 13.6. The minimum Gasteiger partial charge on any atom is -0.344 e. The number of aromatic nitrogens is 2. The molecule has 38 heavy (non-hydrogen) atoms. The molecule has 0 fully saturated rings. The van der Waals surface area contributed by atoms with Gasteiger partial charge in [0.05, 0.1) is 13.2 Å². The molecule has 0 amide bonds. The van der Waals surface area contributed by atoms with Crippen molar-refractivity contribution in [1.82, 2.24) is 21.9 Å². The van der Waals surface area contributed by atoms with Crippen molar-refractivity contribution in [3.8, 4) is 0 Å². The van der Waals surface area contributed by atoms with Gasteiger partial charge < -0.3 is 26.8 Å². The van der Waals surface area contributed by atoms with Crippen molar-refractivity contribution in [1.29, 1.82) is 0 Å². The SMILES string of the molecule is CCCCCCCCCCCCOP(=O)(O)OP(=O)(O)OC[C@@H]1C=C[C@H](n2cc(C)c(=O)[nH]c2=O)O1.N.N. The lowest BCUT2D eigenvalue weighted by atomic mass is 10.1. The largest absolute Gasteiger partial charge is 0.481 e. The third-order valence-electron chi connectivity index (χ3n) is 5.59. The first kappa shape index (κ1) is 36.6. The van der Waals surface area contributed by atoms with Crippen LogP contribution < -0.4 is 23.6 Å². The van der Waals surface area contributed by atoms with E-state index in [0.717, 1.165) is 23.8 Å². The van der Waals surface area contributed by atoms with Gasteiger partial charge in [-0.1, -0.05) is 70.8 Å². The first-order chi connectivity index (χ1) is 17.0. The molecule has 1 aliphatic rings. The van der Waals surface area contributed by atoms with Crippen molar-refractivity contribution in [3.05, 3.63) is 44.8 Å². The highest BCUT2D eigenvalue weighted by atomic mass is 31.3. The van der Waals surface area contributed by atoms with E-state index in [1.54, 1.807) is 0 Å². The molecule has 0 saturated heterocycles. The molecule has 0 aromatic carbocycles. The number of aromatic amines is 1. The molecule has 1 aliphatic heterocycles. The van der Waals surface area contributed by atoms with Crippen molar-refractivity contribution in [3.63, 3.8) is 0 Å². The summed E-state index contributed by atoms with van der Waals surface area (Å²) in [6.45, 7) is 3.13. The molecule has 1 aromatic rings. The first-order valence-electron chi connectivity index (χ1n) is 12.3. The van der Waals surface area contributed by atoms with Crippen LogP contribution in [0.5, 0.6) is 0 Å². The Kier molecular flexibility index (Phi) is 17.3. The van der Waals surface area contributed by atoms with E-state index in [2.05, 4.69) is 16.2 Å². The Morgan fingerprint density at radius 2 is 1.47 bits per heavy atom. The molecule has 0 aliphatic carbocycles. The second-order valence-electron chi connectivity index (χ2n) is 8.76. The summed E-state index contributed by atoms with van der Waals surface area (Å²) in [6.07, 6.45) is 13.4. The highest BCUT2D eigenvalue weighted by molar-refractivity contribution is 7.61. The van der Waals surface area contributed by atoms with Gasteiger partial charge >= 0.3 is 21.3 Å². The molecular weight excluding hydrogens is 542 g/mol. The fourth-order valence-corrected chi connectivity index (χ4v) is 5.75. The smallest absolute Gasteiger partial charge is 0.344 e. The van der Waals surface area contributed by atoms with E-state index < -0.39 is 45.8 Å². The molecule has 1 aromatic heterocycles. The summed E-state index contributed by atoms with van der Waals surface area (Å²) in [4.78, 5) is 45.2. The average molecular weight is 587 g/mol. The van der Waals surface area contributed by atoms with Crippen LogP contribution in [0.3, 0.4) is 0 Å². The Bertz CT molecular complexity index is 1060. The van der Waals surface area contributed by atoms with Crippen molar-refractivity contribution in [2.45, 2.75) is 90.4 Å². The van der Waals surface area contributed by atoms with E-state index in [9.17, 15) is 28.5 Å². The molecule has 2 heterocycles. The molecule has 2 rings (SSSR count). The van der Waals surface area contributed by atoms with Crippen LogP contribution in [0.15, 0.2) is 27.9 Å². The zero-order chi connectivity index (χ0) is 26.6. The summed E-state index contributed by atoms with van der Waals surface area (Å²) in [7, 11) is -9.74. The van der Waals surface area contributed by atoms with Crippen molar-refractivity contribution >= 4 is 15.6 Å². The summed E-state index contributed by atoms with van der Waals surface area (Å²) in [5.74, 6) is 0. The topological polar surface area (TPSA) is 236 Å². The van der Waals surface area contributed by atoms with E-state index in [-0.39, 0.29) is 18.9 Å². The molecule has 0 bridgehead atoms. The van der Waals surface area contributed by atoms with Gasteiger partial charge in [0.2, 0.25) is 0 Å². The van der Waals surface area contributed by atoms with E-state index in [0.29, 0.717) is 12.0 Å². The number of H-pyrrole nitrogens is 1. The molecular formula is C22H44N4O10P2. The lowest BCUT2D eigenvalue weighted by Gasteiger charge is -2.19. The minimum atomic E-state index is -4.93. The Hall–Kier alpha value is -1.44. The van der Waals surface area contributed by atoms with Crippen LogP contribution in [0, 0.1) is 6.92 Å². The number of hydrogen-bond donors (Lipinski definition) is 5. The van der Waals surface area contributed by atoms with E-state index >= 15 is 0 Å². The maximum absolute atomic E-state index is 12.1. The Balaban J connectivity index is 0.00000684. The van der Waals surface area contributed by atoms with Crippen LogP contribution in [0.25, 0.3) is 0 Å². The fraction of sp³-hybridized carbons (Fsp3) is 0.727. The van der Waals surface area contributed by atoms with Gasteiger partial charge in [0.25, 0.3) is 5.56 Å². The van der Waals surface area contributed by atoms with Crippen LogP contribution in [-0.4, -0.2) is 38.7 Å². The fourth-order valence-electron chi connectivity index (χ4n) is 3.63. The van der Waals surface area contributed by atoms with Gasteiger partial charge in [0.1, 0.15) is 6.10 Å². The quantitative estimate of drug-likeness (QED) is 0.0886. The Morgan fingerprint density at radius 3 is 2.08 bits per heavy atom. The first-order valence-corrected chi connectivity index (χ1v) is 15.3. The zero-order valence-corrected chi connectivity index (χ0v) is 24.1. The van der Waals surface area contributed by atoms with E-state index in [1.807, 2.05) is 0 Å². The number of nitrogens with zero attached hydrogens (tertiary/aromatic N) is 1. The predicted molar refractivity (Wildman–Crippen MR) is 144 cm³/mol. The minimum absolute atomic E-state index is 0. The number of rotatable bonds is 18. The number of aryl methyl sites for hydroxylation is 1. The van der Waals surface area contributed by atoms with Crippen LogP contribution in [-0.2, 0) is 27.2 Å². The molecule has 4 atom stereocenters. The lowest BCUT2D eigenvalue weighted by Crippen LogP contribution is -2.33. The van der Waals surface area contributed by atoms with Gasteiger partial charge in [0, 0.05) is 11.8 Å². The normalized spacial score (nSPS) is 19.8. The highest BCUT2D eigenvalue weighted by Crippen LogP contribution is 2.60. The van der Waals surface area contributed by atoms with Crippen LogP contribution in [0.1, 0.15) is 82.9 Å². The second-order valence-corrected chi connectivity index (χ2v) is 11.8. The summed E-state index contributed by atoms with van der Waals surface area (Å²) >= 11 is 0. The molecule has 2 unspecified atom stereocenters. The number of ether oxygens (including phenoxy) is 1. The number of phosphoric ester groups is 2. The van der Waals surface area contributed by atoms with Gasteiger partial charge in [-0.2, -0.15) is 4.31 Å². The summed E-state index contributed by atoms with van der Waals surface area (Å²) in [6, 6.07) is 0. The molecule has 9 N–H and O–H groups in total.